The molecule has 4 heteroatoms. The zero-order valence-corrected chi connectivity index (χ0v) is 31.5. The van der Waals surface area contributed by atoms with Crippen molar-refractivity contribution in [2.45, 2.75) is 0 Å². The Morgan fingerprint density at radius 3 is 1.67 bits per heavy atom. The van der Waals surface area contributed by atoms with Crippen molar-refractivity contribution in [2.75, 3.05) is 0 Å². The summed E-state index contributed by atoms with van der Waals surface area (Å²) in [4.78, 5) is 15.6. The third-order valence-corrected chi connectivity index (χ3v) is 12.6. The molecular weight excluding hydrogens is 711 g/mol. The summed E-state index contributed by atoms with van der Waals surface area (Å²) in [5.74, 6) is 0.700. The van der Waals surface area contributed by atoms with Gasteiger partial charge in [0.1, 0.15) is 0 Å². The van der Waals surface area contributed by atoms with E-state index in [0.717, 1.165) is 50.2 Å². The van der Waals surface area contributed by atoms with E-state index in [0.29, 0.717) is 5.82 Å². The fourth-order valence-corrected chi connectivity index (χ4v) is 9.85. The second-order valence-corrected chi connectivity index (χ2v) is 15.8. The number of benzene rings is 9. The fourth-order valence-electron chi connectivity index (χ4n) is 8.67. The van der Waals surface area contributed by atoms with Crippen LogP contribution in [0.25, 0.3) is 120 Å². The Morgan fingerprint density at radius 1 is 0.351 bits per heavy atom. The van der Waals surface area contributed by atoms with Crippen molar-refractivity contribution in [3.63, 3.8) is 0 Å². The minimum Gasteiger partial charge on any atom is -0.246 e. The molecule has 264 valence electrons. The first kappa shape index (κ1) is 32.0. The molecule has 3 heterocycles. The average molecular weight is 742 g/mol. The molecule has 0 spiro atoms. The predicted octanol–water partition coefficient (Wildman–Crippen LogP) is 14.6. The van der Waals surface area contributed by atoms with Crippen molar-refractivity contribution in [3.8, 4) is 56.3 Å². The summed E-state index contributed by atoms with van der Waals surface area (Å²) in [7, 11) is 0. The Kier molecular flexibility index (Phi) is 7.10. The Hall–Kier alpha value is -7.27. The average Bonchev–Trinajstić information content (AvgIpc) is 3.67. The molecule has 0 aliphatic carbocycles. The van der Waals surface area contributed by atoms with Crippen LogP contribution in [0.5, 0.6) is 0 Å². The standard InChI is InChI=1S/C53H31N3S/c1-2-9-39(10-3-1)53-54-45(33-19-17-32(18-20-33)40-29-27-37-24-23-35-11-8-12-36-28-30-41(40)49(37)48(35)36)31-46(55-53)34-21-25-38(26-22-34)50-42-13-4-5-14-43(42)52-51(56-50)44-15-6-7-16-47(44)57-52/h1-31H. The zero-order chi connectivity index (χ0) is 37.5. The van der Waals surface area contributed by atoms with Gasteiger partial charge in [0.05, 0.1) is 27.3 Å². The van der Waals surface area contributed by atoms with Crippen LogP contribution in [-0.2, 0) is 0 Å². The Bertz CT molecular complexity index is 3480. The lowest BCUT2D eigenvalue weighted by Crippen LogP contribution is -1.96. The maximum atomic E-state index is 5.32. The molecule has 0 unspecified atom stereocenters. The van der Waals surface area contributed by atoms with Crippen molar-refractivity contribution in [1.82, 2.24) is 15.0 Å². The Labute approximate surface area is 332 Å². The molecule has 0 fully saturated rings. The zero-order valence-electron chi connectivity index (χ0n) is 30.6. The minimum absolute atomic E-state index is 0.700. The normalized spacial score (nSPS) is 11.9. The summed E-state index contributed by atoms with van der Waals surface area (Å²) in [6.45, 7) is 0. The first-order valence-corrected chi connectivity index (χ1v) is 20.1. The molecule has 0 N–H and O–H groups in total. The SMILES string of the molecule is c1ccc(-c2nc(-c3ccc(-c4nc5c6ccccc6sc5c5ccccc45)cc3)cc(-c3ccc(-c4ccc5ccc6cccc7ccc4c5c67)cc3)n2)cc1. The highest BCUT2D eigenvalue weighted by Gasteiger charge is 2.17. The maximum absolute atomic E-state index is 5.32. The van der Waals surface area contributed by atoms with Gasteiger partial charge in [-0.3, -0.25) is 0 Å². The lowest BCUT2D eigenvalue weighted by Gasteiger charge is -2.14. The number of nitrogens with zero attached hydrogens (tertiary/aromatic N) is 3. The van der Waals surface area contributed by atoms with E-state index in [1.165, 1.54) is 63.6 Å². The third-order valence-electron chi connectivity index (χ3n) is 11.5. The summed E-state index contributed by atoms with van der Waals surface area (Å²) in [5, 5.41) is 11.4. The van der Waals surface area contributed by atoms with Crippen LogP contribution in [0.15, 0.2) is 188 Å². The molecular formula is C53H31N3S. The lowest BCUT2D eigenvalue weighted by molar-refractivity contribution is 1.18. The van der Waals surface area contributed by atoms with E-state index in [-0.39, 0.29) is 0 Å². The number of rotatable bonds is 5. The van der Waals surface area contributed by atoms with Gasteiger partial charge in [-0.15, -0.1) is 11.3 Å². The Morgan fingerprint density at radius 2 is 0.930 bits per heavy atom. The number of fused-ring (bicyclic) bond motifs is 5. The number of thiophene rings is 1. The van der Waals surface area contributed by atoms with Crippen LogP contribution in [0.3, 0.4) is 0 Å². The van der Waals surface area contributed by atoms with Crippen LogP contribution >= 0.6 is 11.3 Å². The van der Waals surface area contributed by atoms with Gasteiger partial charge in [0, 0.05) is 43.1 Å². The molecule has 0 aliphatic rings. The van der Waals surface area contributed by atoms with Crippen molar-refractivity contribution >= 4 is 74.7 Å². The van der Waals surface area contributed by atoms with E-state index in [4.69, 9.17) is 15.0 Å². The van der Waals surface area contributed by atoms with Gasteiger partial charge < -0.3 is 0 Å². The molecule has 0 saturated carbocycles. The molecule has 0 aliphatic heterocycles. The monoisotopic (exact) mass is 741 g/mol. The highest BCUT2D eigenvalue weighted by molar-refractivity contribution is 7.26. The number of hydrogen-bond donors (Lipinski definition) is 0. The molecule has 0 atom stereocenters. The van der Waals surface area contributed by atoms with Gasteiger partial charge in [-0.2, -0.15) is 0 Å². The molecule has 0 saturated heterocycles. The van der Waals surface area contributed by atoms with Gasteiger partial charge in [-0.05, 0) is 55.6 Å². The van der Waals surface area contributed by atoms with Crippen LogP contribution in [-0.4, -0.2) is 15.0 Å². The van der Waals surface area contributed by atoms with Gasteiger partial charge in [0.25, 0.3) is 0 Å². The quantitative estimate of drug-likeness (QED) is 0.165. The number of aromatic nitrogens is 3. The fraction of sp³-hybridized carbons (Fsp3) is 0. The van der Waals surface area contributed by atoms with E-state index >= 15 is 0 Å². The van der Waals surface area contributed by atoms with Crippen LogP contribution in [0, 0.1) is 0 Å². The second kappa shape index (κ2) is 12.6. The summed E-state index contributed by atoms with van der Waals surface area (Å²) >= 11 is 1.82. The largest absolute Gasteiger partial charge is 0.246 e. The topological polar surface area (TPSA) is 38.7 Å². The highest BCUT2D eigenvalue weighted by Crippen LogP contribution is 2.42. The van der Waals surface area contributed by atoms with Crippen LogP contribution in [0.4, 0.5) is 0 Å². The highest BCUT2D eigenvalue weighted by atomic mass is 32.1. The van der Waals surface area contributed by atoms with Gasteiger partial charge in [-0.25, -0.2) is 15.0 Å². The third kappa shape index (κ3) is 5.15. The van der Waals surface area contributed by atoms with Gasteiger partial charge in [-0.1, -0.05) is 176 Å². The molecule has 0 bridgehead atoms. The van der Waals surface area contributed by atoms with Crippen molar-refractivity contribution in [3.05, 3.63) is 188 Å². The maximum Gasteiger partial charge on any atom is 0.160 e. The van der Waals surface area contributed by atoms with Gasteiger partial charge in [0.15, 0.2) is 5.82 Å². The van der Waals surface area contributed by atoms with Crippen molar-refractivity contribution in [1.29, 1.82) is 0 Å². The molecule has 0 radical (unpaired) electrons. The molecule has 9 aromatic carbocycles. The lowest BCUT2D eigenvalue weighted by atomic mass is 9.89. The Balaban J connectivity index is 0.950. The summed E-state index contributed by atoms with van der Waals surface area (Å²) in [6, 6.07) is 67.2. The van der Waals surface area contributed by atoms with Crippen molar-refractivity contribution in [2.24, 2.45) is 0 Å². The minimum atomic E-state index is 0.700. The van der Waals surface area contributed by atoms with E-state index in [1.807, 2.05) is 29.5 Å². The first-order chi connectivity index (χ1) is 28.2. The summed E-state index contributed by atoms with van der Waals surface area (Å²) in [6.07, 6.45) is 0. The van der Waals surface area contributed by atoms with Crippen LogP contribution < -0.4 is 0 Å². The van der Waals surface area contributed by atoms with Gasteiger partial charge in [0.2, 0.25) is 0 Å². The first-order valence-electron chi connectivity index (χ1n) is 19.3. The molecule has 57 heavy (non-hydrogen) atoms. The van der Waals surface area contributed by atoms with Gasteiger partial charge >= 0.3 is 0 Å². The summed E-state index contributed by atoms with van der Waals surface area (Å²) in [5.41, 5.74) is 10.3. The number of pyridine rings is 1. The smallest absolute Gasteiger partial charge is 0.160 e. The number of hydrogen-bond acceptors (Lipinski definition) is 4. The second-order valence-electron chi connectivity index (χ2n) is 14.7. The predicted molar refractivity (Wildman–Crippen MR) is 241 cm³/mol. The van der Waals surface area contributed by atoms with E-state index in [9.17, 15) is 0 Å². The molecule has 12 aromatic rings. The van der Waals surface area contributed by atoms with Crippen LogP contribution in [0.2, 0.25) is 0 Å². The molecule has 3 nitrogen and oxygen atoms in total. The van der Waals surface area contributed by atoms with E-state index in [1.54, 1.807) is 0 Å². The van der Waals surface area contributed by atoms with Crippen LogP contribution in [0.1, 0.15) is 0 Å². The molecule has 0 amide bonds. The van der Waals surface area contributed by atoms with Crippen molar-refractivity contribution < 1.29 is 0 Å². The van der Waals surface area contributed by atoms with E-state index < -0.39 is 0 Å². The van der Waals surface area contributed by atoms with E-state index in [2.05, 4.69) is 170 Å². The molecule has 3 aromatic heterocycles. The molecule has 12 rings (SSSR count). The summed E-state index contributed by atoms with van der Waals surface area (Å²) < 4.78 is 2.49.